The van der Waals surface area contributed by atoms with Gasteiger partial charge in [0.15, 0.2) is 17.3 Å². The molecule has 0 saturated carbocycles. The van der Waals surface area contributed by atoms with Crippen molar-refractivity contribution in [2.75, 3.05) is 5.32 Å². The Balaban J connectivity index is 2.02. The number of aromatic hydroxyl groups is 2. The number of anilines is 2. The van der Waals surface area contributed by atoms with Crippen LogP contribution in [0.15, 0.2) is 54.6 Å². The number of nitro groups is 1. The fraction of sp³-hybridized carbons (Fsp3) is 0. The highest BCUT2D eigenvalue weighted by Crippen LogP contribution is 2.44. The minimum Gasteiger partial charge on any atom is -0.508 e. The normalized spacial score (nSPS) is 12.3. The third kappa shape index (κ3) is 2.55. The van der Waals surface area contributed by atoms with E-state index < -0.39 is 27.9 Å². The maximum absolute atomic E-state index is 13.1. The molecular formula is C20H12N2O6. The summed E-state index contributed by atoms with van der Waals surface area (Å²) in [5.74, 6) is -2.19. The summed E-state index contributed by atoms with van der Waals surface area (Å²) in [7, 11) is 0. The van der Waals surface area contributed by atoms with Crippen LogP contribution in [0.25, 0.3) is 0 Å². The average molecular weight is 376 g/mol. The number of rotatable bonds is 3. The van der Waals surface area contributed by atoms with Crippen LogP contribution >= 0.6 is 0 Å². The number of benzene rings is 3. The summed E-state index contributed by atoms with van der Waals surface area (Å²) in [6.45, 7) is 0. The predicted octanol–water partition coefficient (Wildman–Crippen LogP) is 3.53. The quantitative estimate of drug-likeness (QED) is 0.368. The molecule has 0 amide bonds. The molecule has 0 radical (unpaired) electrons. The van der Waals surface area contributed by atoms with Crippen molar-refractivity contribution in [1.29, 1.82) is 0 Å². The lowest BCUT2D eigenvalue weighted by atomic mass is 9.82. The Hall–Kier alpha value is -4.20. The summed E-state index contributed by atoms with van der Waals surface area (Å²) >= 11 is 0. The van der Waals surface area contributed by atoms with Gasteiger partial charge in [-0.25, -0.2) is 0 Å². The Morgan fingerprint density at radius 2 is 1.57 bits per heavy atom. The summed E-state index contributed by atoms with van der Waals surface area (Å²) in [4.78, 5) is 36.7. The first-order valence-electron chi connectivity index (χ1n) is 8.17. The van der Waals surface area contributed by atoms with Crippen LogP contribution < -0.4 is 5.32 Å². The second-order valence-electron chi connectivity index (χ2n) is 6.18. The highest BCUT2D eigenvalue weighted by molar-refractivity contribution is 6.31. The summed E-state index contributed by atoms with van der Waals surface area (Å²) in [5, 5.41) is 34.3. The van der Waals surface area contributed by atoms with Crippen LogP contribution in [-0.2, 0) is 0 Å². The molecule has 3 aromatic rings. The van der Waals surface area contributed by atoms with Gasteiger partial charge in [-0.15, -0.1) is 0 Å². The number of carbonyl (C=O) groups is 2. The predicted molar refractivity (Wildman–Crippen MR) is 99.5 cm³/mol. The molecule has 1 aliphatic rings. The minimum absolute atomic E-state index is 0.0502. The van der Waals surface area contributed by atoms with Gasteiger partial charge in [0.2, 0.25) is 0 Å². The Morgan fingerprint density at radius 1 is 0.857 bits per heavy atom. The molecular weight excluding hydrogens is 364 g/mol. The number of para-hydroxylation sites is 1. The number of nitrogens with zero attached hydrogens (tertiary/aromatic N) is 1. The van der Waals surface area contributed by atoms with Crippen LogP contribution in [0.4, 0.5) is 17.1 Å². The molecule has 0 aromatic heterocycles. The van der Waals surface area contributed by atoms with Crippen LogP contribution in [0.3, 0.4) is 0 Å². The number of hydrogen-bond acceptors (Lipinski definition) is 7. The maximum Gasteiger partial charge on any atom is 0.334 e. The van der Waals surface area contributed by atoms with Crippen LogP contribution in [0, 0.1) is 10.1 Å². The molecule has 3 N–H and O–H groups in total. The first kappa shape index (κ1) is 17.2. The highest BCUT2D eigenvalue weighted by Gasteiger charge is 2.37. The zero-order valence-corrected chi connectivity index (χ0v) is 14.2. The van der Waals surface area contributed by atoms with Crippen molar-refractivity contribution in [3.63, 3.8) is 0 Å². The van der Waals surface area contributed by atoms with Gasteiger partial charge in [-0.1, -0.05) is 18.2 Å². The molecule has 0 atom stereocenters. The fourth-order valence-electron chi connectivity index (χ4n) is 3.24. The lowest BCUT2D eigenvalue weighted by Crippen LogP contribution is -2.22. The lowest BCUT2D eigenvalue weighted by molar-refractivity contribution is -0.384. The van der Waals surface area contributed by atoms with E-state index in [0.717, 1.165) is 12.1 Å². The molecule has 0 unspecified atom stereocenters. The van der Waals surface area contributed by atoms with Gasteiger partial charge < -0.3 is 15.5 Å². The molecule has 8 heteroatoms. The molecule has 0 fully saturated rings. The second kappa shape index (κ2) is 6.20. The number of phenols is 2. The van der Waals surface area contributed by atoms with Gasteiger partial charge in [-0.2, -0.15) is 0 Å². The average Bonchev–Trinajstić information content (AvgIpc) is 2.66. The maximum atomic E-state index is 13.1. The lowest BCUT2D eigenvalue weighted by Gasteiger charge is -2.21. The van der Waals surface area contributed by atoms with Gasteiger partial charge >= 0.3 is 5.69 Å². The Morgan fingerprint density at radius 3 is 2.25 bits per heavy atom. The van der Waals surface area contributed by atoms with Gasteiger partial charge in [-0.3, -0.25) is 19.7 Å². The molecule has 0 saturated heterocycles. The molecule has 1 aliphatic carbocycles. The van der Waals surface area contributed by atoms with E-state index in [9.17, 15) is 29.9 Å². The van der Waals surface area contributed by atoms with Crippen molar-refractivity contribution >= 4 is 28.6 Å². The van der Waals surface area contributed by atoms with Crippen molar-refractivity contribution in [2.45, 2.75) is 0 Å². The highest BCUT2D eigenvalue weighted by atomic mass is 16.6. The molecule has 8 nitrogen and oxygen atoms in total. The van der Waals surface area contributed by atoms with Gasteiger partial charge in [0.25, 0.3) is 0 Å². The third-order valence-corrected chi connectivity index (χ3v) is 4.47. The number of nitro benzene ring substituents is 1. The standard InChI is InChI=1S/C20H12N2O6/c23-11-6-7-12-13(8-11)20(26)16-14(19(12)25)9-15(24)18(22(27)28)17(16)21-10-4-2-1-3-5-10/h1-9,21,23-24H. The largest absolute Gasteiger partial charge is 0.508 e. The Labute approximate surface area is 157 Å². The van der Waals surface area contributed by atoms with Crippen LogP contribution in [0.5, 0.6) is 11.5 Å². The summed E-state index contributed by atoms with van der Waals surface area (Å²) in [5.41, 5.74) is -0.949. The van der Waals surface area contributed by atoms with E-state index >= 15 is 0 Å². The number of ketones is 2. The summed E-state index contributed by atoms with van der Waals surface area (Å²) in [6.07, 6.45) is 0. The fourth-order valence-corrected chi connectivity index (χ4v) is 3.24. The van der Waals surface area contributed by atoms with Crippen molar-refractivity contribution in [3.8, 4) is 11.5 Å². The van der Waals surface area contributed by atoms with Gasteiger partial charge in [0.05, 0.1) is 10.5 Å². The summed E-state index contributed by atoms with van der Waals surface area (Å²) < 4.78 is 0. The van der Waals surface area contributed by atoms with Crippen molar-refractivity contribution in [3.05, 3.63) is 87.0 Å². The van der Waals surface area contributed by atoms with Crippen molar-refractivity contribution in [2.24, 2.45) is 0 Å². The Kier molecular flexibility index (Phi) is 3.82. The van der Waals surface area contributed by atoms with Crippen molar-refractivity contribution < 1.29 is 24.7 Å². The molecule has 0 spiro atoms. The smallest absolute Gasteiger partial charge is 0.334 e. The molecule has 0 bridgehead atoms. The van der Waals surface area contributed by atoms with Gasteiger partial charge in [0, 0.05) is 22.4 Å². The molecule has 0 heterocycles. The zero-order valence-electron chi connectivity index (χ0n) is 14.2. The van der Waals surface area contributed by atoms with Gasteiger partial charge in [0.1, 0.15) is 11.4 Å². The first-order chi connectivity index (χ1) is 13.4. The van der Waals surface area contributed by atoms with E-state index in [0.29, 0.717) is 5.69 Å². The first-order valence-corrected chi connectivity index (χ1v) is 8.17. The van der Waals surface area contributed by atoms with Gasteiger partial charge in [-0.05, 0) is 36.4 Å². The topological polar surface area (TPSA) is 130 Å². The van der Waals surface area contributed by atoms with E-state index in [2.05, 4.69) is 5.32 Å². The number of carbonyl (C=O) groups excluding carboxylic acids is 2. The van der Waals surface area contributed by atoms with E-state index in [1.807, 2.05) is 0 Å². The molecule has 4 rings (SSSR count). The Bertz CT molecular complexity index is 1170. The van der Waals surface area contributed by atoms with Crippen LogP contribution in [0.2, 0.25) is 0 Å². The van der Waals surface area contributed by atoms with Crippen LogP contribution in [-0.4, -0.2) is 26.7 Å². The molecule has 28 heavy (non-hydrogen) atoms. The van der Waals surface area contributed by atoms with E-state index in [4.69, 9.17) is 0 Å². The summed E-state index contributed by atoms with van der Waals surface area (Å²) in [6, 6.07) is 13.0. The SMILES string of the molecule is O=C1c2ccc(O)cc2C(=O)c2c1cc(O)c([N+](=O)[O-])c2Nc1ccccc1. The zero-order chi connectivity index (χ0) is 20.0. The van der Waals surface area contributed by atoms with Crippen molar-refractivity contribution in [1.82, 2.24) is 0 Å². The van der Waals surface area contributed by atoms with E-state index in [-0.39, 0.29) is 33.7 Å². The molecule has 3 aromatic carbocycles. The van der Waals surface area contributed by atoms with E-state index in [1.54, 1.807) is 30.3 Å². The number of nitrogens with one attached hydrogen (secondary N) is 1. The van der Waals surface area contributed by atoms with Crippen LogP contribution in [0.1, 0.15) is 31.8 Å². The number of phenolic OH excluding ortho intramolecular Hbond substituents is 2. The molecule has 0 aliphatic heterocycles. The second-order valence-corrected chi connectivity index (χ2v) is 6.18. The third-order valence-electron chi connectivity index (χ3n) is 4.47. The molecule has 138 valence electrons. The monoisotopic (exact) mass is 376 g/mol. The number of fused-ring (bicyclic) bond motifs is 2. The van der Waals surface area contributed by atoms with E-state index in [1.165, 1.54) is 12.1 Å². The minimum atomic E-state index is -0.823. The number of hydrogen-bond donors (Lipinski definition) is 3.